The van der Waals surface area contributed by atoms with Crippen molar-refractivity contribution in [3.05, 3.63) is 89.1 Å². The van der Waals surface area contributed by atoms with Gasteiger partial charge in [0.05, 0.1) is 24.6 Å². The third-order valence-corrected chi connectivity index (χ3v) is 7.23. The molecule has 0 radical (unpaired) electrons. The third kappa shape index (κ3) is 5.86. The second-order valence-electron chi connectivity index (χ2n) is 9.50. The number of nitrogens with zero attached hydrogens (tertiary/aromatic N) is 4. The molecule has 206 valence electrons. The number of halogens is 4. The minimum absolute atomic E-state index is 0.0461. The van der Waals surface area contributed by atoms with Gasteiger partial charge in [-0.05, 0) is 65.8 Å². The van der Waals surface area contributed by atoms with Gasteiger partial charge in [-0.15, -0.1) is 5.10 Å². The summed E-state index contributed by atoms with van der Waals surface area (Å²) in [6.45, 7) is 0.121. The van der Waals surface area contributed by atoms with Gasteiger partial charge in [0.2, 0.25) is 0 Å². The van der Waals surface area contributed by atoms with E-state index in [2.05, 4.69) is 10.3 Å². The number of aromatic nitrogens is 3. The summed E-state index contributed by atoms with van der Waals surface area (Å²) in [5.41, 5.74) is 4.98. The molecule has 7 nitrogen and oxygen atoms in total. The van der Waals surface area contributed by atoms with Crippen molar-refractivity contribution in [1.82, 2.24) is 19.9 Å². The van der Waals surface area contributed by atoms with Gasteiger partial charge in [-0.25, -0.2) is 9.48 Å². The van der Waals surface area contributed by atoms with Crippen molar-refractivity contribution in [2.45, 2.75) is 24.9 Å². The van der Waals surface area contributed by atoms with E-state index in [-0.39, 0.29) is 19.0 Å². The van der Waals surface area contributed by atoms with Crippen LogP contribution in [0.2, 0.25) is 5.02 Å². The molecule has 1 fully saturated rings. The number of carbonyl (C=O) groups excluding carboxylic acids is 2. The molecule has 4 aromatic rings. The van der Waals surface area contributed by atoms with E-state index in [1.165, 1.54) is 7.11 Å². The van der Waals surface area contributed by atoms with E-state index < -0.39 is 18.1 Å². The Morgan fingerprint density at radius 3 is 2.20 bits per heavy atom. The maximum Gasteiger partial charge on any atom is 0.471 e. The van der Waals surface area contributed by atoms with E-state index in [9.17, 15) is 22.8 Å². The van der Waals surface area contributed by atoms with Crippen LogP contribution in [0.5, 0.6) is 0 Å². The van der Waals surface area contributed by atoms with Crippen LogP contribution in [0.25, 0.3) is 28.1 Å². The lowest BCUT2D eigenvalue weighted by molar-refractivity contribution is -0.186. The number of hydrogen-bond donors (Lipinski definition) is 0. The number of hydrogen-bond acceptors (Lipinski definition) is 5. The molecule has 1 aliphatic heterocycles. The number of esters is 1. The van der Waals surface area contributed by atoms with Crippen LogP contribution in [0.3, 0.4) is 0 Å². The van der Waals surface area contributed by atoms with Crippen molar-refractivity contribution in [2.75, 3.05) is 20.2 Å². The summed E-state index contributed by atoms with van der Waals surface area (Å²) in [7, 11) is 1.31. The molecule has 2 heterocycles. The zero-order valence-corrected chi connectivity index (χ0v) is 22.1. The van der Waals surface area contributed by atoms with Gasteiger partial charge >= 0.3 is 18.1 Å². The average molecular weight is 569 g/mol. The molecule has 1 amide bonds. The fraction of sp³-hybridized carbons (Fsp3) is 0.241. The Labute approximate surface area is 233 Å². The normalized spacial score (nSPS) is 14.3. The van der Waals surface area contributed by atoms with Gasteiger partial charge in [0.1, 0.15) is 5.69 Å². The van der Waals surface area contributed by atoms with E-state index in [1.807, 2.05) is 42.5 Å². The fourth-order valence-electron chi connectivity index (χ4n) is 4.83. The summed E-state index contributed by atoms with van der Waals surface area (Å²) in [6.07, 6.45) is -2.20. The minimum atomic E-state index is -4.85. The SMILES string of the molecule is COC(=O)c1cc(-c2ccc(C3CCN(C(=O)C(F)(F)F)CC3)cc2)cc(-n2cc(-c3ccc(Cl)cc3)nn2)c1. The lowest BCUT2D eigenvalue weighted by atomic mass is 9.88. The second kappa shape index (κ2) is 11.1. The Morgan fingerprint density at radius 1 is 0.925 bits per heavy atom. The number of benzene rings is 3. The zero-order valence-electron chi connectivity index (χ0n) is 21.4. The molecule has 0 bridgehead atoms. The summed E-state index contributed by atoms with van der Waals surface area (Å²) < 4.78 is 44.8. The first-order chi connectivity index (χ1) is 19.1. The van der Waals surface area contributed by atoms with Gasteiger partial charge in [-0.2, -0.15) is 13.2 Å². The average Bonchev–Trinajstić information content (AvgIpc) is 3.47. The summed E-state index contributed by atoms with van der Waals surface area (Å²) in [4.78, 5) is 24.9. The first-order valence-electron chi connectivity index (χ1n) is 12.5. The quantitative estimate of drug-likeness (QED) is 0.264. The van der Waals surface area contributed by atoms with Gasteiger partial charge in [-0.3, -0.25) is 4.79 Å². The van der Waals surface area contributed by atoms with Crippen molar-refractivity contribution < 1.29 is 27.5 Å². The lowest BCUT2D eigenvalue weighted by Gasteiger charge is -2.32. The number of carbonyl (C=O) groups is 2. The van der Waals surface area contributed by atoms with Gasteiger partial charge < -0.3 is 9.64 Å². The summed E-state index contributed by atoms with van der Waals surface area (Å²) in [5, 5.41) is 9.10. The molecule has 0 unspecified atom stereocenters. The topological polar surface area (TPSA) is 77.3 Å². The Balaban J connectivity index is 1.38. The molecule has 0 atom stereocenters. The number of alkyl halides is 3. The first-order valence-corrected chi connectivity index (χ1v) is 12.9. The summed E-state index contributed by atoms with van der Waals surface area (Å²) >= 11 is 5.99. The van der Waals surface area contributed by atoms with E-state index in [0.717, 1.165) is 27.2 Å². The van der Waals surface area contributed by atoms with Crippen LogP contribution < -0.4 is 0 Å². The number of piperidine rings is 1. The van der Waals surface area contributed by atoms with Crippen LogP contribution in [0.4, 0.5) is 13.2 Å². The smallest absolute Gasteiger partial charge is 0.465 e. The van der Waals surface area contributed by atoms with Gasteiger partial charge in [0, 0.05) is 23.7 Å². The molecule has 1 aromatic heterocycles. The minimum Gasteiger partial charge on any atom is -0.465 e. The highest BCUT2D eigenvalue weighted by Gasteiger charge is 2.43. The van der Waals surface area contributed by atoms with Crippen molar-refractivity contribution in [3.8, 4) is 28.1 Å². The van der Waals surface area contributed by atoms with E-state index in [4.69, 9.17) is 16.3 Å². The second-order valence-corrected chi connectivity index (χ2v) is 9.94. The third-order valence-electron chi connectivity index (χ3n) is 6.98. The highest BCUT2D eigenvalue weighted by Crippen LogP contribution is 2.32. The molecule has 1 saturated heterocycles. The number of amides is 1. The van der Waals surface area contributed by atoms with Crippen molar-refractivity contribution >= 4 is 23.5 Å². The summed E-state index contributed by atoms with van der Waals surface area (Å²) in [6, 6.07) is 20.2. The Bertz CT molecular complexity index is 1530. The van der Waals surface area contributed by atoms with Crippen LogP contribution in [-0.4, -0.2) is 58.1 Å². The Morgan fingerprint density at radius 2 is 1.57 bits per heavy atom. The molecular formula is C29H24ClF3N4O3. The molecule has 3 aromatic carbocycles. The molecule has 0 N–H and O–H groups in total. The van der Waals surface area contributed by atoms with Gasteiger partial charge in [-0.1, -0.05) is 53.2 Å². The van der Waals surface area contributed by atoms with Crippen LogP contribution in [0.15, 0.2) is 72.9 Å². The summed E-state index contributed by atoms with van der Waals surface area (Å²) in [5.74, 6) is -2.24. The molecular weight excluding hydrogens is 545 g/mol. The van der Waals surface area contributed by atoms with Crippen LogP contribution in [0, 0.1) is 0 Å². The predicted octanol–water partition coefficient (Wildman–Crippen LogP) is 6.31. The maximum absolute atomic E-state index is 12.8. The van der Waals surface area contributed by atoms with E-state index in [1.54, 1.807) is 35.1 Å². The van der Waals surface area contributed by atoms with Crippen LogP contribution in [-0.2, 0) is 9.53 Å². The predicted molar refractivity (Wildman–Crippen MR) is 143 cm³/mol. The Hall–Kier alpha value is -4.18. The van der Waals surface area contributed by atoms with Crippen molar-refractivity contribution in [3.63, 3.8) is 0 Å². The maximum atomic E-state index is 12.8. The zero-order chi connectivity index (χ0) is 28.4. The lowest BCUT2D eigenvalue weighted by Crippen LogP contribution is -2.45. The van der Waals surface area contributed by atoms with Gasteiger partial charge in [0.25, 0.3) is 0 Å². The molecule has 40 heavy (non-hydrogen) atoms. The van der Waals surface area contributed by atoms with Crippen LogP contribution in [0.1, 0.15) is 34.7 Å². The molecule has 5 rings (SSSR count). The van der Waals surface area contributed by atoms with Crippen molar-refractivity contribution in [2.24, 2.45) is 0 Å². The largest absolute Gasteiger partial charge is 0.471 e. The number of rotatable bonds is 5. The van der Waals surface area contributed by atoms with Crippen LogP contribution >= 0.6 is 11.6 Å². The monoisotopic (exact) mass is 568 g/mol. The number of methoxy groups -OCH3 is 1. The molecule has 1 aliphatic rings. The van der Waals surface area contributed by atoms with Gasteiger partial charge in [0.15, 0.2) is 0 Å². The van der Waals surface area contributed by atoms with E-state index in [0.29, 0.717) is 34.8 Å². The number of ether oxygens (including phenoxy) is 1. The van der Waals surface area contributed by atoms with Crippen molar-refractivity contribution in [1.29, 1.82) is 0 Å². The fourth-order valence-corrected chi connectivity index (χ4v) is 4.96. The molecule has 0 aliphatic carbocycles. The highest BCUT2D eigenvalue weighted by atomic mass is 35.5. The molecule has 11 heteroatoms. The molecule has 0 saturated carbocycles. The molecule has 0 spiro atoms. The van der Waals surface area contributed by atoms with E-state index >= 15 is 0 Å². The standard InChI is InChI=1S/C29H24ClF3N4O3/c1-40-27(38)23-14-22(15-25(16-23)37-17-26(34-35-37)21-6-8-24(30)9-7-21)19-4-2-18(3-5-19)20-10-12-36(13-11-20)28(39)29(31,32)33/h2-9,14-17,20H,10-13H2,1H3. The highest BCUT2D eigenvalue weighted by molar-refractivity contribution is 6.30. The number of likely N-dealkylation sites (tertiary alicyclic amines) is 1. The first kappa shape index (κ1) is 27.4. The Kier molecular flexibility index (Phi) is 7.62.